The van der Waals surface area contributed by atoms with Crippen molar-refractivity contribution in [3.63, 3.8) is 0 Å². The molecule has 0 bridgehead atoms. The first-order valence-corrected chi connectivity index (χ1v) is 5.11. The Labute approximate surface area is 110 Å². The summed E-state index contributed by atoms with van der Waals surface area (Å²) in [4.78, 5) is 42.9. The topological polar surface area (TPSA) is 105 Å². The van der Waals surface area contributed by atoms with Crippen LogP contribution in [-0.2, 0) is 38.1 Å². The van der Waals surface area contributed by atoms with Gasteiger partial charge in [-0.2, -0.15) is 0 Å². The summed E-state index contributed by atoms with van der Waals surface area (Å²) in [6, 6.07) is 0. The van der Waals surface area contributed by atoms with E-state index in [-0.39, 0.29) is 6.61 Å². The summed E-state index contributed by atoms with van der Waals surface area (Å²) in [5.41, 5.74) is 0. The highest BCUT2D eigenvalue weighted by Gasteiger charge is 2.20. The Morgan fingerprint density at radius 2 is 1.26 bits per heavy atom. The van der Waals surface area contributed by atoms with Gasteiger partial charge in [-0.15, -0.1) is 13.2 Å². The maximum Gasteiger partial charge on any atom is 0.420 e. The molecule has 0 radical (unpaired) electrons. The van der Waals surface area contributed by atoms with Crippen LogP contribution < -0.4 is 0 Å². The molecule has 0 aromatic rings. The first-order valence-electron chi connectivity index (χ1n) is 5.11. The minimum Gasteiger partial charge on any atom is -0.461 e. The molecule has 0 atom stereocenters. The van der Waals surface area contributed by atoms with Gasteiger partial charge in [-0.25, -0.2) is 19.2 Å². The molecule has 0 N–H and O–H groups in total. The van der Waals surface area contributed by atoms with Crippen LogP contribution in [0.15, 0.2) is 13.2 Å². The zero-order valence-electron chi connectivity index (χ0n) is 10.8. The largest absolute Gasteiger partial charge is 0.461 e. The average molecular weight is 276 g/mol. The minimum atomic E-state index is -1.33. The normalized spacial score (nSPS) is 8.32. The molecule has 0 aliphatic rings. The maximum absolute atomic E-state index is 10.9. The third kappa shape index (κ3) is 9.33. The number of ether oxygens (including phenoxy) is 4. The van der Waals surface area contributed by atoms with Gasteiger partial charge in [0.05, 0.1) is 13.7 Å². The molecule has 108 valence electrons. The van der Waals surface area contributed by atoms with Crippen LogP contribution in [0, 0.1) is 0 Å². The molecule has 0 rings (SSSR count). The molecule has 0 heterocycles. The van der Waals surface area contributed by atoms with Crippen LogP contribution in [0.4, 0.5) is 0 Å². The van der Waals surface area contributed by atoms with Crippen molar-refractivity contribution in [3.8, 4) is 0 Å². The van der Waals surface area contributed by atoms with Gasteiger partial charge in [-0.1, -0.05) is 6.92 Å². The second-order valence-electron chi connectivity index (χ2n) is 2.61. The van der Waals surface area contributed by atoms with Crippen molar-refractivity contribution < 1.29 is 38.1 Å². The lowest BCUT2D eigenvalue weighted by atomic mass is 10.5. The smallest absolute Gasteiger partial charge is 0.420 e. The predicted octanol–water partition coefficient (Wildman–Crippen LogP) is -0.0413. The molecular formula is C11H16O8. The first-order chi connectivity index (χ1) is 9.02. The molecule has 8 heteroatoms. The lowest BCUT2D eigenvalue weighted by Gasteiger charge is -2.04. The van der Waals surface area contributed by atoms with E-state index in [0.29, 0.717) is 6.42 Å². The molecule has 0 aliphatic heterocycles. The highest BCUT2D eigenvalue weighted by atomic mass is 16.7. The van der Waals surface area contributed by atoms with Gasteiger partial charge in [-0.05, 0) is 6.42 Å². The number of carbonyl (C=O) groups excluding carboxylic acids is 4. The Kier molecular flexibility index (Phi) is 12.1. The molecule has 0 spiro atoms. The molecule has 0 amide bonds. The fourth-order valence-electron chi connectivity index (χ4n) is 0.591. The highest BCUT2D eigenvalue weighted by molar-refractivity contribution is 6.30. The summed E-state index contributed by atoms with van der Waals surface area (Å²) in [7, 11) is 0.984. The quantitative estimate of drug-likeness (QED) is 0.231. The van der Waals surface area contributed by atoms with Crippen LogP contribution >= 0.6 is 0 Å². The van der Waals surface area contributed by atoms with E-state index >= 15 is 0 Å². The van der Waals surface area contributed by atoms with E-state index in [1.165, 1.54) is 0 Å². The van der Waals surface area contributed by atoms with Crippen LogP contribution in [0.2, 0.25) is 0 Å². The summed E-state index contributed by atoms with van der Waals surface area (Å²) in [6.07, 6.45) is 0.552. The molecule has 0 aliphatic carbocycles. The first kappa shape index (κ1) is 19.0. The number of esters is 4. The van der Waals surface area contributed by atoms with Gasteiger partial charge in [0.2, 0.25) is 6.79 Å². The average Bonchev–Trinajstić information content (AvgIpc) is 2.45. The molecular weight excluding hydrogens is 260 g/mol. The van der Waals surface area contributed by atoms with E-state index in [9.17, 15) is 19.2 Å². The van der Waals surface area contributed by atoms with Crippen molar-refractivity contribution in [2.24, 2.45) is 0 Å². The monoisotopic (exact) mass is 276 g/mol. The van der Waals surface area contributed by atoms with Gasteiger partial charge in [0.1, 0.15) is 0 Å². The number of carbonyl (C=O) groups is 4. The van der Waals surface area contributed by atoms with Crippen molar-refractivity contribution in [2.45, 2.75) is 13.3 Å². The standard InChI is InChI=1S/C9H12O8.C2H4/c1-3-4-15-8(12)9(13)17-5-16-7(11)6(10)14-2;1-2/h3-5H2,1-2H3;1-2H2. The Morgan fingerprint density at radius 1 is 0.842 bits per heavy atom. The zero-order chi connectivity index (χ0) is 15.3. The molecule has 0 aromatic heterocycles. The van der Waals surface area contributed by atoms with E-state index in [4.69, 9.17) is 0 Å². The van der Waals surface area contributed by atoms with Crippen molar-refractivity contribution >= 4 is 23.9 Å². The van der Waals surface area contributed by atoms with Crippen LogP contribution in [0.5, 0.6) is 0 Å². The second-order valence-corrected chi connectivity index (χ2v) is 2.61. The van der Waals surface area contributed by atoms with Crippen LogP contribution in [0.25, 0.3) is 0 Å². The summed E-state index contributed by atoms with van der Waals surface area (Å²) in [5, 5.41) is 0. The van der Waals surface area contributed by atoms with Gasteiger partial charge >= 0.3 is 23.9 Å². The molecule has 0 saturated heterocycles. The predicted molar refractivity (Wildman–Crippen MR) is 61.6 cm³/mol. The Balaban J connectivity index is 0. The van der Waals surface area contributed by atoms with Crippen molar-refractivity contribution in [1.29, 1.82) is 0 Å². The van der Waals surface area contributed by atoms with E-state index in [1.54, 1.807) is 6.92 Å². The van der Waals surface area contributed by atoms with Crippen molar-refractivity contribution in [3.05, 3.63) is 13.2 Å². The van der Waals surface area contributed by atoms with Gasteiger partial charge in [-0.3, -0.25) is 0 Å². The van der Waals surface area contributed by atoms with Crippen LogP contribution in [-0.4, -0.2) is 44.4 Å². The minimum absolute atomic E-state index is 0.0792. The van der Waals surface area contributed by atoms with E-state index in [1.807, 2.05) is 0 Å². The summed E-state index contributed by atoms with van der Waals surface area (Å²) < 4.78 is 16.8. The summed E-state index contributed by atoms with van der Waals surface area (Å²) >= 11 is 0. The molecule has 8 nitrogen and oxygen atoms in total. The third-order valence-electron chi connectivity index (χ3n) is 1.34. The SMILES string of the molecule is C=C.CCCOC(=O)C(=O)OCOC(=O)C(=O)OC. The number of hydrogen-bond acceptors (Lipinski definition) is 8. The second kappa shape index (κ2) is 12.1. The highest BCUT2D eigenvalue weighted by Crippen LogP contribution is 1.89. The maximum atomic E-state index is 10.9. The molecule has 0 aromatic carbocycles. The third-order valence-corrected chi connectivity index (χ3v) is 1.34. The summed E-state index contributed by atoms with van der Waals surface area (Å²) in [5.74, 6) is -5.08. The van der Waals surface area contributed by atoms with Crippen LogP contribution in [0.1, 0.15) is 13.3 Å². The Hall–Kier alpha value is -2.38. The Morgan fingerprint density at radius 3 is 1.68 bits per heavy atom. The lowest BCUT2D eigenvalue weighted by molar-refractivity contribution is -0.183. The van der Waals surface area contributed by atoms with Gasteiger partial charge in [0.25, 0.3) is 0 Å². The van der Waals surface area contributed by atoms with Gasteiger partial charge < -0.3 is 18.9 Å². The number of rotatable bonds is 4. The zero-order valence-corrected chi connectivity index (χ0v) is 10.8. The fraction of sp³-hybridized carbons (Fsp3) is 0.455. The van der Waals surface area contributed by atoms with Gasteiger partial charge in [0, 0.05) is 0 Å². The van der Waals surface area contributed by atoms with E-state index in [0.717, 1.165) is 7.11 Å². The number of hydrogen-bond donors (Lipinski definition) is 0. The van der Waals surface area contributed by atoms with Crippen molar-refractivity contribution in [1.82, 2.24) is 0 Å². The van der Waals surface area contributed by atoms with Crippen molar-refractivity contribution in [2.75, 3.05) is 20.5 Å². The van der Waals surface area contributed by atoms with E-state index < -0.39 is 30.7 Å². The number of methoxy groups -OCH3 is 1. The molecule has 0 fully saturated rings. The lowest BCUT2D eigenvalue weighted by Crippen LogP contribution is -2.25. The fourth-order valence-corrected chi connectivity index (χ4v) is 0.591. The molecule has 0 unspecified atom stereocenters. The Bertz CT molecular complexity index is 323. The van der Waals surface area contributed by atoms with Crippen LogP contribution in [0.3, 0.4) is 0 Å². The molecule has 0 saturated carbocycles. The molecule has 19 heavy (non-hydrogen) atoms. The van der Waals surface area contributed by atoms with Gasteiger partial charge in [0.15, 0.2) is 0 Å². The summed E-state index contributed by atoms with van der Waals surface area (Å²) in [6.45, 7) is 6.96. The van der Waals surface area contributed by atoms with E-state index in [2.05, 4.69) is 32.1 Å².